The third-order valence-corrected chi connectivity index (χ3v) is 7.12. The van der Waals surface area contributed by atoms with Crippen molar-refractivity contribution in [2.75, 3.05) is 13.1 Å². The first-order chi connectivity index (χ1) is 15.3. The van der Waals surface area contributed by atoms with Crippen LogP contribution in [0.4, 0.5) is 4.79 Å². The van der Waals surface area contributed by atoms with E-state index >= 15 is 0 Å². The Morgan fingerprint density at radius 2 is 1.75 bits per heavy atom. The summed E-state index contributed by atoms with van der Waals surface area (Å²) in [5.41, 5.74) is 2.58. The SMILES string of the molecule is CC(C)(C)C1CCC(Oc2ccc3cc(CN4CCC(OC(=O)O)CC4)ccc3n2)CC1. The molecular weight excluding hydrogens is 404 g/mol. The highest BCUT2D eigenvalue weighted by atomic mass is 16.7. The molecule has 1 saturated carbocycles. The Balaban J connectivity index is 1.31. The molecule has 2 fully saturated rings. The van der Waals surface area contributed by atoms with Crippen LogP contribution in [-0.2, 0) is 11.3 Å². The van der Waals surface area contributed by atoms with Crippen molar-refractivity contribution in [1.82, 2.24) is 9.88 Å². The predicted octanol–water partition coefficient (Wildman–Crippen LogP) is 5.88. The first kappa shape index (κ1) is 22.8. The van der Waals surface area contributed by atoms with E-state index in [1.165, 1.54) is 18.4 Å². The Labute approximate surface area is 190 Å². The fourth-order valence-corrected chi connectivity index (χ4v) is 5.12. The number of ether oxygens (including phenoxy) is 2. The molecule has 1 aliphatic carbocycles. The minimum Gasteiger partial charge on any atom is -0.474 e. The fourth-order valence-electron chi connectivity index (χ4n) is 5.12. The largest absolute Gasteiger partial charge is 0.506 e. The molecule has 1 aromatic carbocycles. The van der Waals surface area contributed by atoms with Gasteiger partial charge in [-0.25, -0.2) is 9.78 Å². The number of likely N-dealkylation sites (tertiary alicyclic amines) is 1. The van der Waals surface area contributed by atoms with Crippen molar-refractivity contribution in [2.24, 2.45) is 11.3 Å². The van der Waals surface area contributed by atoms with Gasteiger partial charge in [0.25, 0.3) is 0 Å². The first-order valence-electron chi connectivity index (χ1n) is 11.9. The van der Waals surface area contributed by atoms with Gasteiger partial charge in [0.1, 0.15) is 12.2 Å². The molecule has 0 amide bonds. The Bertz CT molecular complexity index is 923. The third kappa shape index (κ3) is 5.91. The fraction of sp³-hybridized carbons (Fsp3) is 0.615. The van der Waals surface area contributed by atoms with E-state index in [9.17, 15) is 4.79 Å². The van der Waals surface area contributed by atoms with E-state index in [2.05, 4.69) is 49.9 Å². The number of aromatic nitrogens is 1. The summed E-state index contributed by atoms with van der Waals surface area (Å²) in [4.78, 5) is 17.8. The van der Waals surface area contributed by atoms with Crippen molar-refractivity contribution in [3.8, 4) is 5.88 Å². The molecule has 0 unspecified atom stereocenters. The van der Waals surface area contributed by atoms with E-state index in [1.54, 1.807) is 0 Å². The van der Waals surface area contributed by atoms with E-state index in [0.29, 0.717) is 5.41 Å². The number of rotatable bonds is 5. The van der Waals surface area contributed by atoms with Crippen LogP contribution >= 0.6 is 0 Å². The Hall–Kier alpha value is -2.34. The summed E-state index contributed by atoms with van der Waals surface area (Å²) in [6, 6.07) is 10.5. The second kappa shape index (κ2) is 9.65. The maximum Gasteiger partial charge on any atom is 0.506 e. The summed E-state index contributed by atoms with van der Waals surface area (Å²) in [6.45, 7) is 9.57. The number of carboxylic acid groups (broad SMARTS) is 1. The number of carbonyl (C=O) groups is 1. The van der Waals surface area contributed by atoms with Gasteiger partial charge in [-0.2, -0.15) is 0 Å². The van der Waals surface area contributed by atoms with Crippen molar-refractivity contribution < 1.29 is 19.4 Å². The lowest BCUT2D eigenvalue weighted by Gasteiger charge is -2.36. The molecule has 6 nitrogen and oxygen atoms in total. The van der Waals surface area contributed by atoms with Gasteiger partial charge in [0.2, 0.25) is 5.88 Å². The van der Waals surface area contributed by atoms with Crippen LogP contribution in [0.2, 0.25) is 0 Å². The standard InChI is InChI=1S/C26H36N2O4/c1-26(2,3)20-6-8-21(9-7-20)31-24-11-5-19-16-18(4-10-23(19)27-24)17-28-14-12-22(13-15-28)32-25(29)30/h4-5,10-11,16,20-22H,6-9,12-15,17H2,1-3H3,(H,29,30). The van der Waals surface area contributed by atoms with Crippen molar-refractivity contribution in [3.63, 3.8) is 0 Å². The topological polar surface area (TPSA) is 71.9 Å². The lowest BCUT2D eigenvalue weighted by molar-refractivity contribution is 0.0185. The van der Waals surface area contributed by atoms with Crippen LogP contribution in [0.3, 0.4) is 0 Å². The number of pyridine rings is 1. The Morgan fingerprint density at radius 1 is 1.03 bits per heavy atom. The molecule has 0 spiro atoms. The normalized spacial score (nSPS) is 23.2. The highest BCUT2D eigenvalue weighted by molar-refractivity contribution is 5.79. The van der Waals surface area contributed by atoms with E-state index in [0.717, 1.165) is 68.0 Å². The zero-order valence-electron chi connectivity index (χ0n) is 19.5. The monoisotopic (exact) mass is 440 g/mol. The van der Waals surface area contributed by atoms with E-state index in [1.807, 2.05) is 6.07 Å². The number of hydrogen-bond acceptors (Lipinski definition) is 5. The van der Waals surface area contributed by atoms with Crippen molar-refractivity contribution in [2.45, 2.75) is 78.0 Å². The Morgan fingerprint density at radius 3 is 2.41 bits per heavy atom. The number of fused-ring (bicyclic) bond motifs is 1. The quantitative estimate of drug-likeness (QED) is 0.586. The number of hydrogen-bond donors (Lipinski definition) is 1. The van der Waals surface area contributed by atoms with Crippen LogP contribution in [0.25, 0.3) is 10.9 Å². The summed E-state index contributed by atoms with van der Waals surface area (Å²) in [5.74, 6) is 1.51. The maximum absolute atomic E-state index is 10.7. The molecule has 1 aromatic heterocycles. The van der Waals surface area contributed by atoms with Gasteiger partial charge in [-0.15, -0.1) is 0 Å². The van der Waals surface area contributed by atoms with Gasteiger partial charge in [-0.05, 0) is 73.6 Å². The molecule has 32 heavy (non-hydrogen) atoms. The molecule has 0 bridgehead atoms. The molecule has 174 valence electrons. The molecule has 1 N–H and O–H groups in total. The van der Waals surface area contributed by atoms with Crippen LogP contribution in [0.15, 0.2) is 30.3 Å². The zero-order chi connectivity index (χ0) is 22.7. The van der Waals surface area contributed by atoms with E-state index < -0.39 is 6.16 Å². The Kier molecular flexibility index (Phi) is 6.89. The maximum atomic E-state index is 10.7. The van der Waals surface area contributed by atoms with Gasteiger partial charge in [0.05, 0.1) is 5.52 Å². The van der Waals surface area contributed by atoms with Gasteiger partial charge in [-0.3, -0.25) is 4.90 Å². The van der Waals surface area contributed by atoms with Crippen molar-refractivity contribution >= 4 is 17.1 Å². The van der Waals surface area contributed by atoms with Crippen molar-refractivity contribution in [1.29, 1.82) is 0 Å². The highest BCUT2D eigenvalue weighted by Crippen LogP contribution is 2.38. The molecule has 0 radical (unpaired) electrons. The van der Waals surface area contributed by atoms with Gasteiger partial charge in [0, 0.05) is 31.1 Å². The first-order valence-corrected chi connectivity index (χ1v) is 11.9. The molecule has 2 aliphatic rings. The number of piperidine rings is 1. The molecule has 0 atom stereocenters. The zero-order valence-corrected chi connectivity index (χ0v) is 19.5. The minimum atomic E-state index is -1.17. The molecule has 1 saturated heterocycles. The number of nitrogens with zero attached hydrogens (tertiary/aromatic N) is 2. The second-order valence-corrected chi connectivity index (χ2v) is 10.5. The summed E-state index contributed by atoms with van der Waals surface area (Å²) in [7, 11) is 0. The van der Waals surface area contributed by atoms with Crippen LogP contribution in [-0.4, -0.2) is 46.4 Å². The molecule has 2 aromatic rings. The second-order valence-electron chi connectivity index (χ2n) is 10.5. The molecule has 4 rings (SSSR count). The molecule has 6 heteroatoms. The van der Waals surface area contributed by atoms with Gasteiger partial charge in [-0.1, -0.05) is 26.8 Å². The van der Waals surface area contributed by atoms with Crippen LogP contribution in [0, 0.1) is 11.3 Å². The summed E-state index contributed by atoms with van der Waals surface area (Å²) >= 11 is 0. The lowest BCUT2D eigenvalue weighted by atomic mass is 9.72. The van der Waals surface area contributed by atoms with Crippen LogP contribution < -0.4 is 4.74 Å². The highest BCUT2D eigenvalue weighted by Gasteiger charge is 2.30. The number of benzene rings is 1. The van der Waals surface area contributed by atoms with E-state index in [-0.39, 0.29) is 12.2 Å². The van der Waals surface area contributed by atoms with Crippen molar-refractivity contribution in [3.05, 3.63) is 35.9 Å². The lowest BCUT2D eigenvalue weighted by Crippen LogP contribution is -2.37. The molecular formula is C26H36N2O4. The van der Waals surface area contributed by atoms with E-state index in [4.69, 9.17) is 19.6 Å². The summed E-state index contributed by atoms with van der Waals surface area (Å²) < 4.78 is 11.1. The third-order valence-electron chi connectivity index (χ3n) is 7.12. The molecule has 2 heterocycles. The average molecular weight is 441 g/mol. The summed E-state index contributed by atoms with van der Waals surface area (Å²) in [6.07, 6.45) is 5.09. The van der Waals surface area contributed by atoms with Crippen LogP contribution in [0.1, 0.15) is 64.9 Å². The summed E-state index contributed by atoms with van der Waals surface area (Å²) in [5, 5.41) is 9.89. The molecule has 1 aliphatic heterocycles. The van der Waals surface area contributed by atoms with Gasteiger partial charge >= 0.3 is 6.16 Å². The average Bonchev–Trinajstić information content (AvgIpc) is 2.75. The predicted molar refractivity (Wildman–Crippen MR) is 125 cm³/mol. The minimum absolute atomic E-state index is 0.175. The van der Waals surface area contributed by atoms with Gasteiger partial charge < -0.3 is 14.6 Å². The smallest absolute Gasteiger partial charge is 0.474 e. The van der Waals surface area contributed by atoms with Crippen LogP contribution in [0.5, 0.6) is 5.88 Å². The van der Waals surface area contributed by atoms with Gasteiger partial charge in [0.15, 0.2) is 0 Å².